The lowest BCUT2D eigenvalue weighted by Crippen LogP contribution is -2.28. The highest BCUT2D eigenvalue weighted by Gasteiger charge is 2.08. The molecule has 0 saturated carbocycles. The summed E-state index contributed by atoms with van der Waals surface area (Å²) < 4.78 is 6.12. The third-order valence-electron chi connectivity index (χ3n) is 2.31. The zero-order chi connectivity index (χ0) is 14.3. The van der Waals surface area contributed by atoms with E-state index in [9.17, 15) is 9.59 Å². The zero-order valence-corrected chi connectivity index (χ0v) is 11.7. The van der Waals surface area contributed by atoms with Crippen molar-refractivity contribution in [2.75, 3.05) is 32.1 Å². The van der Waals surface area contributed by atoms with Crippen molar-refractivity contribution in [3.63, 3.8) is 0 Å². The van der Waals surface area contributed by atoms with Crippen LogP contribution in [0.5, 0.6) is 0 Å². The van der Waals surface area contributed by atoms with Gasteiger partial charge in [0.15, 0.2) is 0 Å². The normalized spacial score (nSPS) is 10.3. The van der Waals surface area contributed by atoms with Gasteiger partial charge in [0.05, 0.1) is 25.0 Å². The monoisotopic (exact) mass is 288 g/mol. The fourth-order valence-corrected chi connectivity index (χ4v) is 1.57. The summed E-state index contributed by atoms with van der Waals surface area (Å²) in [5, 5.41) is 9.62. The number of nitrogens with one attached hydrogen (secondary N) is 2. The predicted molar refractivity (Wildman–Crippen MR) is 72.6 cm³/mol. The number of anilines is 1. The summed E-state index contributed by atoms with van der Waals surface area (Å²) in [5.74, 6) is -0.110. The molecule has 0 unspecified atom stereocenters. The Morgan fingerprint density at radius 2 is 2.26 bits per heavy atom. The number of hydrogen-bond acceptors (Lipinski definition) is 5. The van der Waals surface area contributed by atoms with Crippen LogP contribution in [0.25, 0.3) is 0 Å². The molecule has 0 radical (unpaired) electrons. The number of halogens is 1. The highest BCUT2D eigenvalue weighted by atomic mass is 35.5. The van der Waals surface area contributed by atoms with Gasteiger partial charge in [0.2, 0.25) is 5.91 Å². The Hall–Kier alpha value is -1.60. The number of aromatic nitrogens is 2. The molecular weight excluding hydrogens is 272 g/mol. The standard InChI is InChI=1S/C11H17ClN4O3/c1-8(17)13-3-4-14-9-7-15-16(5-6-19-2)11(18)10(9)12/h7,14H,3-6H2,1-2H3,(H,13,17). The van der Waals surface area contributed by atoms with Crippen LogP contribution in [0.15, 0.2) is 11.0 Å². The number of hydrogen-bond donors (Lipinski definition) is 2. The van der Waals surface area contributed by atoms with Crippen LogP contribution in [0.3, 0.4) is 0 Å². The van der Waals surface area contributed by atoms with Gasteiger partial charge < -0.3 is 15.4 Å². The number of rotatable bonds is 7. The minimum atomic E-state index is -0.372. The lowest BCUT2D eigenvalue weighted by atomic mass is 10.4. The third-order valence-corrected chi connectivity index (χ3v) is 2.67. The summed E-state index contributed by atoms with van der Waals surface area (Å²) in [5.41, 5.74) is 0.0777. The van der Waals surface area contributed by atoms with Gasteiger partial charge in [-0.2, -0.15) is 5.10 Å². The predicted octanol–water partition coefficient (Wildman–Crippen LogP) is 0.0911. The van der Waals surface area contributed by atoms with Crippen molar-refractivity contribution in [2.45, 2.75) is 13.5 Å². The molecule has 1 heterocycles. The number of nitrogens with zero attached hydrogens (tertiary/aromatic N) is 2. The average Bonchev–Trinajstić information content (AvgIpc) is 2.38. The maximum absolute atomic E-state index is 11.8. The van der Waals surface area contributed by atoms with Crippen LogP contribution < -0.4 is 16.2 Å². The second-order valence-electron chi connectivity index (χ2n) is 3.80. The van der Waals surface area contributed by atoms with Crippen LogP contribution in [-0.4, -0.2) is 42.5 Å². The fraction of sp³-hybridized carbons (Fsp3) is 0.545. The van der Waals surface area contributed by atoms with E-state index in [0.29, 0.717) is 31.9 Å². The van der Waals surface area contributed by atoms with Crippen molar-refractivity contribution >= 4 is 23.2 Å². The van der Waals surface area contributed by atoms with E-state index < -0.39 is 0 Å². The maximum atomic E-state index is 11.8. The van der Waals surface area contributed by atoms with Crippen LogP contribution in [0, 0.1) is 0 Å². The van der Waals surface area contributed by atoms with E-state index in [0.717, 1.165) is 0 Å². The van der Waals surface area contributed by atoms with Gasteiger partial charge in [0, 0.05) is 27.1 Å². The molecule has 1 aromatic rings. The van der Waals surface area contributed by atoms with E-state index in [4.69, 9.17) is 16.3 Å². The molecule has 1 rings (SSSR count). The van der Waals surface area contributed by atoms with Crippen molar-refractivity contribution in [3.8, 4) is 0 Å². The lowest BCUT2D eigenvalue weighted by Gasteiger charge is -2.10. The minimum Gasteiger partial charge on any atom is -0.383 e. The van der Waals surface area contributed by atoms with Crippen LogP contribution in [0.1, 0.15) is 6.92 Å². The minimum absolute atomic E-state index is 0.0777. The van der Waals surface area contributed by atoms with E-state index in [-0.39, 0.29) is 16.5 Å². The average molecular weight is 289 g/mol. The largest absolute Gasteiger partial charge is 0.383 e. The lowest BCUT2D eigenvalue weighted by molar-refractivity contribution is -0.118. The van der Waals surface area contributed by atoms with Crippen LogP contribution in [0.2, 0.25) is 5.02 Å². The summed E-state index contributed by atoms with van der Waals surface area (Å²) in [6.45, 7) is 3.08. The van der Waals surface area contributed by atoms with Gasteiger partial charge in [-0.15, -0.1) is 0 Å². The van der Waals surface area contributed by atoms with Crippen LogP contribution in [0.4, 0.5) is 5.69 Å². The molecule has 19 heavy (non-hydrogen) atoms. The summed E-state index contributed by atoms with van der Waals surface area (Å²) >= 11 is 5.95. The summed E-state index contributed by atoms with van der Waals surface area (Å²) in [6, 6.07) is 0. The molecule has 1 aromatic heterocycles. The molecule has 0 aliphatic carbocycles. The number of carbonyl (C=O) groups is 1. The van der Waals surface area contributed by atoms with E-state index >= 15 is 0 Å². The molecular formula is C11H17ClN4O3. The SMILES string of the molecule is COCCn1ncc(NCCNC(C)=O)c(Cl)c1=O. The summed E-state index contributed by atoms with van der Waals surface area (Å²) in [6.07, 6.45) is 1.48. The Kier molecular flexibility index (Phi) is 6.31. The molecule has 0 spiro atoms. The van der Waals surface area contributed by atoms with Crippen molar-refractivity contribution < 1.29 is 9.53 Å². The van der Waals surface area contributed by atoms with Crippen molar-refractivity contribution in [3.05, 3.63) is 21.6 Å². The van der Waals surface area contributed by atoms with E-state index in [1.807, 2.05) is 0 Å². The first-order valence-electron chi connectivity index (χ1n) is 5.79. The highest BCUT2D eigenvalue weighted by Crippen LogP contribution is 2.14. The van der Waals surface area contributed by atoms with E-state index in [2.05, 4.69) is 15.7 Å². The Bertz CT molecular complexity index is 489. The Morgan fingerprint density at radius 3 is 2.89 bits per heavy atom. The molecule has 0 fully saturated rings. The number of ether oxygens (including phenoxy) is 1. The Labute approximate surface area is 115 Å². The Morgan fingerprint density at radius 1 is 1.53 bits per heavy atom. The topological polar surface area (TPSA) is 85.2 Å². The third kappa shape index (κ3) is 4.88. The first kappa shape index (κ1) is 15.5. The van der Waals surface area contributed by atoms with Gasteiger partial charge in [-0.3, -0.25) is 9.59 Å². The molecule has 7 nitrogen and oxygen atoms in total. The second-order valence-corrected chi connectivity index (χ2v) is 4.18. The van der Waals surface area contributed by atoms with Gasteiger partial charge >= 0.3 is 0 Å². The highest BCUT2D eigenvalue weighted by molar-refractivity contribution is 6.32. The molecule has 8 heteroatoms. The van der Waals surface area contributed by atoms with Crippen LogP contribution in [-0.2, 0) is 16.1 Å². The molecule has 2 N–H and O–H groups in total. The van der Waals surface area contributed by atoms with E-state index in [1.54, 1.807) is 7.11 Å². The van der Waals surface area contributed by atoms with Gasteiger partial charge in [0.1, 0.15) is 5.02 Å². The van der Waals surface area contributed by atoms with E-state index in [1.165, 1.54) is 17.8 Å². The van der Waals surface area contributed by atoms with Crippen molar-refractivity contribution in [2.24, 2.45) is 0 Å². The van der Waals surface area contributed by atoms with Gasteiger partial charge in [-0.05, 0) is 0 Å². The molecule has 0 aliphatic rings. The molecule has 1 amide bonds. The molecule has 0 atom stereocenters. The molecule has 0 aliphatic heterocycles. The number of carbonyl (C=O) groups excluding carboxylic acids is 1. The number of amides is 1. The molecule has 0 bridgehead atoms. The quantitative estimate of drug-likeness (QED) is 0.695. The maximum Gasteiger partial charge on any atom is 0.287 e. The van der Waals surface area contributed by atoms with Crippen molar-refractivity contribution in [1.82, 2.24) is 15.1 Å². The summed E-state index contributed by atoms with van der Waals surface area (Å²) in [4.78, 5) is 22.5. The smallest absolute Gasteiger partial charge is 0.287 e. The molecule has 106 valence electrons. The van der Waals surface area contributed by atoms with Crippen LogP contribution >= 0.6 is 11.6 Å². The van der Waals surface area contributed by atoms with Crippen molar-refractivity contribution in [1.29, 1.82) is 0 Å². The van der Waals surface area contributed by atoms with Gasteiger partial charge in [-0.25, -0.2) is 4.68 Å². The fourth-order valence-electron chi connectivity index (χ4n) is 1.36. The first-order chi connectivity index (χ1) is 9.06. The van der Waals surface area contributed by atoms with Gasteiger partial charge in [0.25, 0.3) is 5.56 Å². The Balaban J connectivity index is 2.63. The zero-order valence-electron chi connectivity index (χ0n) is 10.9. The summed E-state index contributed by atoms with van der Waals surface area (Å²) in [7, 11) is 1.55. The molecule has 0 aromatic carbocycles. The second kappa shape index (κ2) is 7.75. The first-order valence-corrected chi connectivity index (χ1v) is 6.17. The molecule has 0 saturated heterocycles. The number of methoxy groups -OCH3 is 1. The van der Waals surface area contributed by atoms with Gasteiger partial charge in [-0.1, -0.05) is 11.6 Å².